The van der Waals surface area contributed by atoms with Gasteiger partial charge in [-0.25, -0.2) is 0 Å². The highest BCUT2D eigenvalue weighted by Gasteiger charge is 2.27. The van der Waals surface area contributed by atoms with Gasteiger partial charge < -0.3 is 10.6 Å². The van der Waals surface area contributed by atoms with Crippen molar-refractivity contribution in [2.24, 2.45) is 5.92 Å². The van der Waals surface area contributed by atoms with Crippen LogP contribution in [0.25, 0.3) is 0 Å². The van der Waals surface area contributed by atoms with Crippen molar-refractivity contribution in [3.63, 3.8) is 0 Å². The number of amides is 3. The fourth-order valence-electron chi connectivity index (χ4n) is 2.21. The predicted octanol–water partition coefficient (Wildman–Crippen LogP) is 0.118. The third-order valence-corrected chi connectivity index (χ3v) is 3.36. The summed E-state index contributed by atoms with van der Waals surface area (Å²) < 4.78 is 0. The molecule has 3 rings (SSSR count). The van der Waals surface area contributed by atoms with Gasteiger partial charge in [-0.15, -0.1) is 0 Å². The molecule has 6 nitrogen and oxygen atoms in total. The van der Waals surface area contributed by atoms with Crippen LogP contribution in [0.5, 0.6) is 0 Å². The average Bonchev–Trinajstić information content (AvgIpc) is 2.60. The second kappa shape index (κ2) is 4.47. The van der Waals surface area contributed by atoms with E-state index in [2.05, 4.69) is 16.0 Å². The van der Waals surface area contributed by atoms with E-state index >= 15 is 0 Å². The molecule has 2 aliphatic heterocycles. The molecule has 6 heteroatoms. The molecule has 2 aliphatic rings. The van der Waals surface area contributed by atoms with Crippen LogP contribution in [0.1, 0.15) is 27.1 Å². The van der Waals surface area contributed by atoms with Gasteiger partial charge in [-0.3, -0.25) is 19.7 Å². The maximum atomic E-state index is 11.8. The van der Waals surface area contributed by atoms with Gasteiger partial charge in [-0.1, -0.05) is 0 Å². The lowest BCUT2D eigenvalue weighted by Crippen LogP contribution is -2.43. The molecule has 1 aromatic carbocycles. The Hall–Kier alpha value is -2.21. The van der Waals surface area contributed by atoms with Crippen LogP contribution in [0.15, 0.2) is 18.2 Å². The van der Waals surface area contributed by atoms with E-state index in [4.69, 9.17) is 0 Å². The number of carbonyl (C=O) groups excluding carboxylic acids is 3. The van der Waals surface area contributed by atoms with Crippen molar-refractivity contribution in [2.75, 3.05) is 18.4 Å². The summed E-state index contributed by atoms with van der Waals surface area (Å²) in [5, 5.41) is 8.07. The van der Waals surface area contributed by atoms with E-state index in [1.165, 1.54) is 6.07 Å². The summed E-state index contributed by atoms with van der Waals surface area (Å²) >= 11 is 0. The van der Waals surface area contributed by atoms with Crippen LogP contribution < -0.4 is 16.0 Å². The quantitative estimate of drug-likeness (QED) is 0.673. The Morgan fingerprint density at radius 3 is 2.63 bits per heavy atom. The minimum atomic E-state index is -0.417. The summed E-state index contributed by atoms with van der Waals surface area (Å²) in [6.45, 7) is 1.74. The van der Waals surface area contributed by atoms with Gasteiger partial charge in [0.1, 0.15) is 0 Å². The molecule has 0 aliphatic carbocycles. The summed E-state index contributed by atoms with van der Waals surface area (Å²) in [5.74, 6) is -0.492. The molecule has 0 spiro atoms. The van der Waals surface area contributed by atoms with Crippen molar-refractivity contribution < 1.29 is 14.4 Å². The van der Waals surface area contributed by atoms with Crippen molar-refractivity contribution in [2.45, 2.75) is 6.42 Å². The Morgan fingerprint density at radius 1 is 1.21 bits per heavy atom. The number of benzene rings is 1. The number of nitrogens with one attached hydrogen (secondary N) is 3. The minimum absolute atomic E-state index is 0.0730. The van der Waals surface area contributed by atoms with E-state index in [9.17, 15) is 14.4 Å². The first-order chi connectivity index (χ1) is 9.13. The van der Waals surface area contributed by atoms with Crippen molar-refractivity contribution in [3.8, 4) is 0 Å². The van der Waals surface area contributed by atoms with Gasteiger partial charge in [0.15, 0.2) is 0 Å². The van der Waals surface area contributed by atoms with E-state index in [0.29, 0.717) is 29.2 Å². The fraction of sp³-hybridized carbons (Fsp3) is 0.308. The molecule has 1 saturated heterocycles. The number of hydrogen-bond acceptors (Lipinski definition) is 4. The maximum absolute atomic E-state index is 11.8. The monoisotopic (exact) mass is 259 g/mol. The fourth-order valence-corrected chi connectivity index (χ4v) is 2.21. The second-order valence-electron chi connectivity index (χ2n) is 4.82. The molecule has 1 aromatic rings. The van der Waals surface area contributed by atoms with E-state index in [0.717, 1.165) is 13.1 Å². The molecule has 0 radical (unpaired) electrons. The molecule has 0 atom stereocenters. The summed E-state index contributed by atoms with van der Waals surface area (Å²) in [7, 11) is 0. The minimum Gasteiger partial charge on any atom is -0.326 e. The molecule has 2 heterocycles. The molecule has 0 bridgehead atoms. The molecule has 19 heavy (non-hydrogen) atoms. The van der Waals surface area contributed by atoms with Crippen molar-refractivity contribution in [1.29, 1.82) is 0 Å². The molecule has 3 N–H and O–H groups in total. The highest BCUT2D eigenvalue weighted by Crippen LogP contribution is 2.20. The number of rotatable bonds is 3. The first-order valence-corrected chi connectivity index (χ1v) is 6.14. The average molecular weight is 259 g/mol. The molecule has 98 valence electrons. The van der Waals surface area contributed by atoms with Gasteiger partial charge in [-0.05, 0) is 37.2 Å². The highest BCUT2D eigenvalue weighted by molar-refractivity contribution is 6.22. The van der Waals surface area contributed by atoms with Gasteiger partial charge in [0.05, 0.1) is 11.1 Å². The zero-order chi connectivity index (χ0) is 13.4. The van der Waals surface area contributed by atoms with E-state index in [1.807, 2.05) is 0 Å². The number of hydrogen-bond donors (Lipinski definition) is 3. The Balaban J connectivity index is 1.72. The van der Waals surface area contributed by atoms with Crippen LogP contribution in [0.3, 0.4) is 0 Å². The molecule has 0 saturated carbocycles. The lowest BCUT2D eigenvalue weighted by atomic mass is 9.99. The zero-order valence-corrected chi connectivity index (χ0v) is 10.2. The predicted molar refractivity (Wildman–Crippen MR) is 67.8 cm³/mol. The van der Waals surface area contributed by atoms with Crippen molar-refractivity contribution in [3.05, 3.63) is 29.3 Å². The number of imide groups is 1. The van der Waals surface area contributed by atoms with E-state index in [-0.39, 0.29) is 5.91 Å². The Labute approximate surface area is 109 Å². The van der Waals surface area contributed by atoms with E-state index < -0.39 is 11.8 Å². The van der Waals surface area contributed by atoms with Crippen LogP contribution >= 0.6 is 0 Å². The molecule has 3 amide bonds. The van der Waals surface area contributed by atoms with Crippen LogP contribution in [0.4, 0.5) is 5.69 Å². The van der Waals surface area contributed by atoms with Crippen LogP contribution in [-0.2, 0) is 4.79 Å². The van der Waals surface area contributed by atoms with Gasteiger partial charge >= 0.3 is 0 Å². The van der Waals surface area contributed by atoms with Crippen molar-refractivity contribution in [1.82, 2.24) is 10.6 Å². The molecule has 1 fully saturated rings. The third-order valence-electron chi connectivity index (χ3n) is 3.36. The van der Waals surface area contributed by atoms with Crippen LogP contribution in [0.2, 0.25) is 0 Å². The smallest absolute Gasteiger partial charge is 0.259 e. The largest absolute Gasteiger partial charge is 0.326 e. The molecule has 0 aromatic heterocycles. The van der Waals surface area contributed by atoms with Gasteiger partial charge in [0, 0.05) is 12.1 Å². The zero-order valence-electron chi connectivity index (χ0n) is 10.2. The lowest BCUT2D eigenvalue weighted by molar-refractivity contribution is -0.117. The lowest BCUT2D eigenvalue weighted by Gasteiger charge is -2.26. The molecular formula is C13H13N3O3. The molecular weight excluding hydrogens is 246 g/mol. The first kappa shape index (κ1) is 11.9. The van der Waals surface area contributed by atoms with Crippen LogP contribution in [0, 0.1) is 5.92 Å². The first-order valence-electron chi connectivity index (χ1n) is 6.14. The normalized spacial score (nSPS) is 17.7. The Bertz CT molecular complexity index is 578. The SMILES string of the molecule is O=C(CC1CNC1)Nc1ccc2c(c1)C(=O)NC2=O. The Kier molecular flexibility index (Phi) is 2.79. The second-order valence-corrected chi connectivity index (χ2v) is 4.82. The van der Waals surface area contributed by atoms with Gasteiger partial charge in [-0.2, -0.15) is 0 Å². The number of carbonyl (C=O) groups is 3. The summed E-state index contributed by atoms with van der Waals surface area (Å²) in [6, 6.07) is 4.72. The molecule has 0 unspecified atom stereocenters. The van der Waals surface area contributed by atoms with Crippen molar-refractivity contribution >= 4 is 23.4 Å². The highest BCUT2D eigenvalue weighted by atomic mass is 16.2. The van der Waals surface area contributed by atoms with E-state index in [1.54, 1.807) is 12.1 Å². The maximum Gasteiger partial charge on any atom is 0.259 e. The number of fused-ring (bicyclic) bond motifs is 1. The van der Waals surface area contributed by atoms with Gasteiger partial charge in [0.2, 0.25) is 5.91 Å². The summed E-state index contributed by atoms with van der Waals surface area (Å²) in [5.41, 5.74) is 1.21. The van der Waals surface area contributed by atoms with Gasteiger partial charge in [0.25, 0.3) is 11.8 Å². The third kappa shape index (κ3) is 2.22. The summed E-state index contributed by atoms with van der Waals surface area (Å²) in [4.78, 5) is 34.6. The Morgan fingerprint density at radius 2 is 1.95 bits per heavy atom. The topological polar surface area (TPSA) is 87.3 Å². The summed E-state index contributed by atoms with van der Waals surface area (Å²) in [6.07, 6.45) is 0.467. The number of anilines is 1. The standard InChI is InChI=1S/C13H13N3O3/c17-11(3-7-5-14-6-7)15-8-1-2-9-10(4-8)13(19)16-12(9)18/h1-2,4,7,14H,3,5-6H2,(H,15,17)(H,16,18,19). The van der Waals surface area contributed by atoms with Crippen LogP contribution in [-0.4, -0.2) is 30.8 Å².